The lowest BCUT2D eigenvalue weighted by molar-refractivity contribution is -0.902. The van der Waals surface area contributed by atoms with Crippen LogP contribution in [0.15, 0.2) is 18.2 Å². The maximum Gasteiger partial charge on any atom is 0.217 e. The summed E-state index contributed by atoms with van der Waals surface area (Å²) >= 11 is 0. The SMILES string of the molecule is COc1ccc(C(=O)C[N+]2(C)CCCCCCC2)cc1OC. The van der Waals surface area contributed by atoms with E-state index in [2.05, 4.69) is 7.05 Å². The van der Waals surface area contributed by atoms with Crippen molar-refractivity contribution >= 4 is 5.78 Å². The molecule has 1 aromatic rings. The first kappa shape index (κ1) is 16.8. The summed E-state index contributed by atoms with van der Waals surface area (Å²) in [7, 11) is 5.41. The maximum atomic E-state index is 12.7. The van der Waals surface area contributed by atoms with Crippen LogP contribution >= 0.6 is 0 Å². The van der Waals surface area contributed by atoms with Gasteiger partial charge in [0.25, 0.3) is 0 Å². The summed E-state index contributed by atoms with van der Waals surface area (Å²) in [6.45, 7) is 2.76. The fourth-order valence-electron chi connectivity index (χ4n) is 3.23. The van der Waals surface area contributed by atoms with E-state index in [1.54, 1.807) is 26.4 Å². The monoisotopic (exact) mass is 306 g/mol. The smallest absolute Gasteiger partial charge is 0.217 e. The molecule has 1 aliphatic rings. The molecule has 0 unspecified atom stereocenters. The fraction of sp³-hybridized carbons (Fsp3) is 0.611. The van der Waals surface area contributed by atoms with E-state index in [0.717, 1.165) is 17.6 Å². The van der Waals surface area contributed by atoms with E-state index in [1.165, 1.54) is 32.1 Å². The molecule has 0 amide bonds. The van der Waals surface area contributed by atoms with Crippen LogP contribution in [0.4, 0.5) is 0 Å². The van der Waals surface area contributed by atoms with Gasteiger partial charge < -0.3 is 14.0 Å². The third kappa shape index (κ3) is 4.23. The van der Waals surface area contributed by atoms with Gasteiger partial charge in [0.05, 0.1) is 34.4 Å². The number of likely N-dealkylation sites (tertiary alicyclic amines) is 1. The number of carbonyl (C=O) groups is 1. The van der Waals surface area contributed by atoms with Crippen molar-refractivity contribution in [2.75, 3.05) is 40.9 Å². The predicted octanol–water partition coefficient (Wildman–Crippen LogP) is 3.30. The first-order valence-electron chi connectivity index (χ1n) is 8.17. The summed E-state index contributed by atoms with van der Waals surface area (Å²) in [5, 5.41) is 0. The van der Waals surface area contributed by atoms with E-state index >= 15 is 0 Å². The number of quaternary nitrogens is 1. The molecular formula is C18H28NO3+. The summed E-state index contributed by atoms with van der Waals surface area (Å²) in [6.07, 6.45) is 6.35. The van der Waals surface area contributed by atoms with Crippen LogP contribution in [0.5, 0.6) is 11.5 Å². The Morgan fingerprint density at radius 1 is 1.00 bits per heavy atom. The molecule has 1 aliphatic heterocycles. The maximum absolute atomic E-state index is 12.7. The van der Waals surface area contributed by atoms with Crippen LogP contribution in [0.25, 0.3) is 0 Å². The number of hydrogen-bond acceptors (Lipinski definition) is 3. The zero-order valence-corrected chi connectivity index (χ0v) is 14.1. The Morgan fingerprint density at radius 3 is 2.18 bits per heavy atom. The minimum atomic E-state index is 0.184. The first-order chi connectivity index (χ1) is 10.6. The normalized spacial score (nSPS) is 18.1. The molecule has 0 atom stereocenters. The van der Waals surface area contributed by atoms with Gasteiger partial charge in [0.1, 0.15) is 6.54 Å². The average molecular weight is 306 g/mol. The van der Waals surface area contributed by atoms with Crippen molar-refractivity contribution in [2.45, 2.75) is 32.1 Å². The molecule has 4 nitrogen and oxygen atoms in total. The van der Waals surface area contributed by atoms with Gasteiger partial charge in [-0.1, -0.05) is 6.42 Å². The first-order valence-corrected chi connectivity index (χ1v) is 8.17. The van der Waals surface area contributed by atoms with Crippen molar-refractivity contribution in [1.82, 2.24) is 0 Å². The molecule has 0 radical (unpaired) electrons. The Hall–Kier alpha value is -1.55. The van der Waals surface area contributed by atoms with Gasteiger partial charge in [0.15, 0.2) is 11.5 Å². The lowest BCUT2D eigenvalue weighted by atomic mass is 10.0. The molecule has 1 aromatic carbocycles. The minimum Gasteiger partial charge on any atom is -0.493 e. The van der Waals surface area contributed by atoms with E-state index in [9.17, 15) is 4.79 Å². The zero-order valence-electron chi connectivity index (χ0n) is 14.1. The largest absolute Gasteiger partial charge is 0.493 e. The van der Waals surface area contributed by atoms with Gasteiger partial charge in [0.2, 0.25) is 5.78 Å². The highest BCUT2D eigenvalue weighted by atomic mass is 16.5. The van der Waals surface area contributed by atoms with Gasteiger partial charge in [-0.05, 0) is 43.9 Å². The standard InChI is InChI=1S/C18H28NO3/c1-19(11-7-5-4-6-8-12-19)14-16(20)15-9-10-17(21-2)18(13-15)22-3/h9-10,13H,4-8,11-12,14H2,1-3H3/q+1. The molecule has 22 heavy (non-hydrogen) atoms. The molecule has 4 heteroatoms. The highest BCUT2D eigenvalue weighted by Gasteiger charge is 2.26. The zero-order chi connectivity index (χ0) is 16.0. The number of benzene rings is 1. The molecule has 0 aliphatic carbocycles. The number of methoxy groups -OCH3 is 2. The van der Waals surface area contributed by atoms with Crippen molar-refractivity contribution in [3.05, 3.63) is 23.8 Å². The van der Waals surface area contributed by atoms with Crippen LogP contribution in [0.3, 0.4) is 0 Å². The van der Waals surface area contributed by atoms with Crippen LogP contribution in [0, 0.1) is 0 Å². The summed E-state index contributed by atoms with van der Waals surface area (Å²) in [5.41, 5.74) is 0.707. The highest BCUT2D eigenvalue weighted by Crippen LogP contribution is 2.28. The minimum absolute atomic E-state index is 0.184. The third-order valence-corrected chi connectivity index (χ3v) is 4.63. The number of nitrogens with zero attached hydrogens (tertiary/aromatic N) is 1. The lowest BCUT2D eigenvalue weighted by Gasteiger charge is -2.35. The van der Waals surface area contributed by atoms with Crippen molar-refractivity contribution < 1.29 is 18.8 Å². The van der Waals surface area contributed by atoms with E-state index in [4.69, 9.17) is 9.47 Å². The highest BCUT2D eigenvalue weighted by molar-refractivity contribution is 5.97. The Morgan fingerprint density at radius 2 is 1.59 bits per heavy atom. The average Bonchev–Trinajstić information content (AvgIpc) is 2.50. The van der Waals surface area contributed by atoms with Crippen molar-refractivity contribution in [3.63, 3.8) is 0 Å². The summed E-state index contributed by atoms with van der Waals surface area (Å²) in [4.78, 5) is 12.7. The van der Waals surface area contributed by atoms with Gasteiger partial charge >= 0.3 is 0 Å². The Balaban J connectivity index is 2.10. The van der Waals surface area contributed by atoms with Gasteiger partial charge in [-0.3, -0.25) is 4.79 Å². The number of rotatable bonds is 5. The van der Waals surface area contributed by atoms with Gasteiger partial charge in [-0.2, -0.15) is 0 Å². The number of likely N-dealkylation sites (N-methyl/N-ethyl adjacent to an activating group) is 1. The molecule has 2 rings (SSSR count). The molecule has 0 saturated carbocycles. The topological polar surface area (TPSA) is 35.5 Å². The number of hydrogen-bond donors (Lipinski definition) is 0. The third-order valence-electron chi connectivity index (χ3n) is 4.63. The van der Waals surface area contributed by atoms with E-state index in [0.29, 0.717) is 23.6 Å². The molecule has 0 N–H and O–H groups in total. The molecule has 1 fully saturated rings. The second kappa shape index (κ2) is 7.63. The van der Waals surface area contributed by atoms with Crippen molar-refractivity contribution in [2.24, 2.45) is 0 Å². The molecule has 0 aromatic heterocycles. The molecular weight excluding hydrogens is 278 g/mol. The van der Waals surface area contributed by atoms with Crippen LogP contribution < -0.4 is 9.47 Å². The molecule has 1 heterocycles. The second-order valence-electron chi connectivity index (χ2n) is 6.49. The quantitative estimate of drug-likeness (QED) is 0.618. The fourth-order valence-corrected chi connectivity index (χ4v) is 3.23. The van der Waals surface area contributed by atoms with Gasteiger partial charge in [-0.25, -0.2) is 0 Å². The molecule has 0 bridgehead atoms. The van der Waals surface area contributed by atoms with Crippen molar-refractivity contribution in [1.29, 1.82) is 0 Å². The van der Waals surface area contributed by atoms with E-state index in [-0.39, 0.29) is 5.78 Å². The van der Waals surface area contributed by atoms with Gasteiger partial charge in [0, 0.05) is 5.56 Å². The molecule has 0 spiro atoms. The molecule has 1 saturated heterocycles. The Bertz CT molecular complexity index is 505. The van der Waals surface area contributed by atoms with Crippen LogP contribution in [-0.4, -0.2) is 51.2 Å². The van der Waals surface area contributed by atoms with E-state index in [1.807, 2.05) is 6.07 Å². The molecule has 122 valence electrons. The predicted molar refractivity (Wildman–Crippen MR) is 87.7 cm³/mol. The van der Waals surface area contributed by atoms with Gasteiger partial charge in [-0.15, -0.1) is 0 Å². The summed E-state index contributed by atoms with van der Waals surface area (Å²) in [5.74, 6) is 1.46. The number of carbonyl (C=O) groups excluding carboxylic acids is 1. The van der Waals surface area contributed by atoms with Crippen molar-refractivity contribution in [3.8, 4) is 11.5 Å². The van der Waals surface area contributed by atoms with Crippen LogP contribution in [0.2, 0.25) is 0 Å². The Kier molecular flexibility index (Phi) is 5.83. The van der Waals surface area contributed by atoms with E-state index < -0.39 is 0 Å². The summed E-state index contributed by atoms with van der Waals surface area (Å²) in [6, 6.07) is 5.43. The lowest BCUT2D eigenvalue weighted by Crippen LogP contribution is -2.49. The summed E-state index contributed by atoms with van der Waals surface area (Å²) < 4.78 is 11.4. The Labute approximate surface area is 133 Å². The second-order valence-corrected chi connectivity index (χ2v) is 6.49. The van der Waals surface area contributed by atoms with Crippen LogP contribution in [-0.2, 0) is 0 Å². The number of Topliss-reactive ketones (excluding diaryl/α,β-unsaturated/α-hetero) is 1. The number of ketones is 1. The van der Waals surface area contributed by atoms with Crippen LogP contribution in [0.1, 0.15) is 42.5 Å². The number of ether oxygens (including phenoxy) is 2.